The molecule has 0 atom stereocenters. The van der Waals surface area contributed by atoms with Gasteiger partial charge in [0.15, 0.2) is 0 Å². The summed E-state index contributed by atoms with van der Waals surface area (Å²) in [6.07, 6.45) is 0.249. The number of rotatable bonds is 5. The van der Waals surface area contributed by atoms with Crippen LogP contribution in [0.1, 0.15) is 23.2 Å². The average molecular weight is 280 g/mol. The molecule has 0 N–H and O–H groups in total. The van der Waals surface area contributed by atoms with Gasteiger partial charge in [0.1, 0.15) is 5.82 Å². The van der Waals surface area contributed by atoms with Crippen LogP contribution >= 0.6 is 11.6 Å². The van der Waals surface area contributed by atoms with E-state index in [0.29, 0.717) is 0 Å². The van der Waals surface area contributed by atoms with Crippen LogP contribution in [0.15, 0.2) is 18.2 Å². The summed E-state index contributed by atoms with van der Waals surface area (Å²) in [4.78, 5) is 13.4. The third-order valence-corrected chi connectivity index (χ3v) is 2.67. The van der Waals surface area contributed by atoms with Crippen LogP contribution in [-0.2, 0) is 0 Å². The number of nitriles is 2. The first-order valence-corrected chi connectivity index (χ1v) is 5.96. The van der Waals surface area contributed by atoms with Gasteiger partial charge < -0.3 is 4.90 Å². The highest BCUT2D eigenvalue weighted by Gasteiger charge is 2.19. The fraction of sp³-hybridized carbons (Fsp3) is 0.308. The Balaban J connectivity index is 2.94. The molecule has 0 saturated heterocycles. The molecule has 0 aliphatic carbocycles. The second-order valence-corrected chi connectivity index (χ2v) is 4.17. The van der Waals surface area contributed by atoms with Crippen LogP contribution < -0.4 is 0 Å². The standard InChI is InChI=1S/C13H11ClFN3O/c14-10-3-4-12(15)11(9-10)13(19)18(7-1-5-16)8-2-6-17/h3-4,9H,1-2,7-8H2. The quantitative estimate of drug-likeness (QED) is 0.832. The van der Waals surface area contributed by atoms with Crippen molar-refractivity contribution in [3.63, 3.8) is 0 Å². The molecule has 0 bridgehead atoms. The van der Waals surface area contributed by atoms with E-state index in [1.165, 1.54) is 17.0 Å². The number of carbonyl (C=O) groups is 1. The number of amides is 1. The number of halogens is 2. The molecule has 1 amide bonds. The summed E-state index contributed by atoms with van der Waals surface area (Å²) in [6.45, 7) is 0.311. The summed E-state index contributed by atoms with van der Waals surface area (Å²) < 4.78 is 13.6. The van der Waals surface area contributed by atoms with Gasteiger partial charge >= 0.3 is 0 Å². The maximum Gasteiger partial charge on any atom is 0.256 e. The topological polar surface area (TPSA) is 67.9 Å². The Labute approximate surface area is 115 Å². The second-order valence-electron chi connectivity index (χ2n) is 3.73. The van der Waals surface area contributed by atoms with Gasteiger partial charge in [0.2, 0.25) is 0 Å². The first kappa shape index (κ1) is 14.9. The molecule has 0 aromatic heterocycles. The van der Waals surface area contributed by atoms with Crippen LogP contribution in [0.25, 0.3) is 0 Å². The molecule has 0 radical (unpaired) electrons. The van der Waals surface area contributed by atoms with Crippen molar-refractivity contribution >= 4 is 17.5 Å². The highest BCUT2D eigenvalue weighted by atomic mass is 35.5. The Morgan fingerprint density at radius 1 is 1.26 bits per heavy atom. The highest BCUT2D eigenvalue weighted by molar-refractivity contribution is 6.31. The number of hydrogen-bond acceptors (Lipinski definition) is 3. The molecule has 19 heavy (non-hydrogen) atoms. The maximum absolute atomic E-state index is 13.6. The van der Waals surface area contributed by atoms with Crippen LogP contribution in [0, 0.1) is 28.5 Å². The zero-order valence-electron chi connectivity index (χ0n) is 10.1. The second kappa shape index (κ2) is 7.35. The molecular weight excluding hydrogens is 269 g/mol. The van der Waals surface area contributed by atoms with E-state index in [9.17, 15) is 9.18 Å². The van der Waals surface area contributed by atoms with Crippen molar-refractivity contribution in [2.24, 2.45) is 0 Å². The summed E-state index contributed by atoms with van der Waals surface area (Å²) in [5, 5.41) is 17.3. The molecule has 0 fully saturated rings. The van der Waals surface area contributed by atoms with Gasteiger partial charge in [-0.15, -0.1) is 0 Å². The molecule has 1 aromatic carbocycles. The average Bonchev–Trinajstić information content (AvgIpc) is 2.41. The van der Waals surface area contributed by atoms with Crippen molar-refractivity contribution in [3.05, 3.63) is 34.6 Å². The Hall–Kier alpha value is -2.11. The van der Waals surface area contributed by atoms with Gasteiger partial charge in [0.05, 0.1) is 30.5 Å². The number of hydrogen-bond donors (Lipinski definition) is 0. The predicted octanol–water partition coefficient (Wildman–Crippen LogP) is 2.75. The molecule has 6 heteroatoms. The van der Waals surface area contributed by atoms with Crippen LogP contribution in [-0.4, -0.2) is 23.9 Å². The van der Waals surface area contributed by atoms with E-state index < -0.39 is 11.7 Å². The normalized spacial score (nSPS) is 9.47. The highest BCUT2D eigenvalue weighted by Crippen LogP contribution is 2.17. The van der Waals surface area contributed by atoms with Crippen LogP contribution in [0.5, 0.6) is 0 Å². The maximum atomic E-state index is 13.6. The molecule has 0 spiro atoms. The van der Waals surface area contributed by atoms with E-state index in [4.69, 9.17) is 22.1 Å². The lowest BCUT2D eigenvalue weighted by atomic mass is 10.1. The molecule has 0 aliphatic heterocycles. The molecule has 0 aliphatic rings. The van der Waals surface area contributed by atoms with Gasteiger partial charge in [0.25, 0.3) is 5.91 Å². The molecule has 0 saturated carbocycles. The van der Waals surface area contributed by atoms with E-state index in [0.717, 1.165) is 6.07 Å². The molecule has 0 heterocycles. The summed E-state index contributed by atoms with van der Waals surface area (Å²) >= 11 is 5.73. The van der Waals surface area contributed by atoms with Gasteiger partial charge in [-0.25, -0.2) is 4.39 Å². The Bertz CT molecular complexity index is 530. The number of carbonyl (C=O) groups excluding carboxylic acids is 1. The van der Waals surface area contributed by atoms with E-state index >= 15 is 0 Å². The number of benzene rings is 1. The molecule has 98 valence electrons. The smallest absolute Gasteiger partial charge is 0.256 e. The summed E-state index contributed by atoms with van der Waals surface area (Å²) in [5.41, 5.74) is -0.150. The predicted molar refractivity (Wildman–Crippen MR) is 67.8 cm³/mol. The first-order chi connectivity index (χ1) is 9.10. The zero-order valence-corrected chi connectivity index (χ0v) is 10.8. The molecule has 1 aromatic rings. The summed E-state index contributed by atoms with van der Waals surface area (Å²) in [6, 6.07) is 7.52. The van der Waals surface area contributed by atoms with Crippen LogP contribution in [0.2, 0.25) is 5.02 Å². The molecule has 4 nitrogen and oxygen atoms in total. The van der Waals surface area contributed by atoms with Gasteiger partial charge in [0, 0.05) is 18.1 Å². The Kier molecular flexibility index (Phi) is 5.78. The lowest BCUT2D eigenvalue weighted by Gasteiger charge is -2.20. The Morgan fingerprint density at radius 3 is 2.37 bits per heavy atom. The zero-order chi connectivity index (χ0) is 14.3. The van der Waals surface area contributed by atoms with Crippen molar-refractivity contribution in [3.8, 4) is 12.1 Å². The minimum atomic E-state index is -0.673. The van der Waals surface area contributed by atoms with E-state index in [-0.39, 0.29) is 36.5 Å². The Morgan fingerprint density at radius 2 is 1.84 bits per heavy atom. The fourth-order valence-corrected chi connectivity index (χ4v) is 1.69. The SMILES string of the molecule is N#CCCN(CCC#N)C(=O)c1cc(Cl)ccc1F. The van der Waals surface area contributed by atoms with E-state index in [1.807, 2.05) is 12.1 Å². The van der Waals surface area contributed by atoms with Gasteiger partial charge in [-0.1, -0.05) is 11.6 Å². The van der Waals surface area contributed by atoms with Crippen LogP contribution in [0.3, 0.4) is 0 Å². The minimum Gasteiger partial charge on any atom is -0.336 e. The van der Waals surface area contributed by atoms with E-state index in [2.05, 4.69) is 0 Å². The van der Waals surface area contributed by atoms with Gasteiger partial charge in [-0.3, -0.25) is 4.79 Å². The third-order valence-electron chi connectivity index (χ3n) is 2.43. The van der Waals surface area contributed by atoms with Gasteiger partial charge in [-0.05, 0) is 18.2 Å². The minimum absolute atomic E-state index is 0.124. The lowest BCUT2D eigenvalue weighted by Crippen LogP contribution is -2.33. The van der Waals surface area contributed by atoms with Crippen molar-refractivity contribution in [2.75, 3.05) is 13.1 Å². The van der Waals surface area contributed by atoms with Crippen molar-refractivity contribution in [1.82, 2.24) is 4.90 Å². The first-order valence-electron chi connectivity index (χ1n) is 5.58. The number of nitrogens with zero attached hydrogens (tertiary/aromatic N) is 3. The monoisotopic (exact) mass is 279 g/mol. The fourth-order valence-electron chi connectivity index (χ4n) is 1.52. The van der Waals surface area contributed by atoms with Crippen molar-refractivity contribution in [2.45, 2.75) is 12.8 Å². The van der Waals surface area contributed by atoms with Crippen molar-refractivity contribution in [1.29, 1.82) is 10.5 Å². The summed E-state index contributed by atoms with van der Waals surface area (Å²) in [7, 11) is 0. The third kappa shape index (κ3) is 4.24. The van der Waals surface area contributed by atoms with Crippen molar-refractivity contribution < 1.29 is 9.18 Å². The van der Waals surface area contributed by atoms with Crippen LogP contribution in [0.4, 0.5) is 4.39 Å². The summed E-state index contributed by atoms with van der Waals surface area (Å²) in [5.74, 6) is -1.24. The van der Waals surface area contributed by atoms with Gasteiger partial charge in [-0.2, -0.15) is 10.5 Å². The molecule has 0 unspecified atom stereocenters. The largest absolute Gasteiger partial charge is 0.336 e. The molecule has 1 rings (SSSR count). The molecular formula is C13H11ClFN3O. The van der Waals surface area contributed by atoms with E-state index in [1.54, 1.807) is 0 Å². The lowest BCUT2D eigenvalue weighted by molar-refractivity contribution is 0.0758.